The quantitative estimate of drug-likeness (QED) is 0.872. The van der Waals surface area contributed by atoms with Crippen molar-refractivity contribution in [2.24, 2.45) is 0 Å². The minimum absolute atomic E-state index is 0.185. The smallest absolute Gasteiger partial charge is 0.240 e. The van der Waals surface area contributed by atoms with E-state index in [9.17, 15) is 4.79 Å². The number of carbonyl (C=O) groups excluding carboxylic acids is 1. The van der Waals surface area contributed by atoms with Crippen molar-refractivity contribution in [3.63, 3.8) is 0 Å². The highest BCUT2D eigenvalue weighted by Gasteiger charge is 2.46. The first kappa shape index (κ1) is 12.6. The van der Waals surface area contributed by atoms with E-state index in [-0.39, 0.29) is 11.4 Å². The van der Waals surface area contributed by atoms with Crippen molar-refractivity contribution in [1.29, 1.82) is 0 Å². The second-order valence-electron chi connectivity index (χ2n) is 5.24. The predicted octanol–water partition coefficient (Wildman–Crippen LogP) is 2.80. The third-order valence-electron chi connectivity index (χ3n) is 3.75. The summed E-state index contributed by atoms with van der Waals surface area (Å²) in [4.78, 5) is 13.5. The maximum Gasteiger partial charge on any atom is 0.240 e. The highest BCUT2D eigenvalue weighted by Crippen LogP contribution is 2.36. The molecule has 0 aliphatic heterocycles. The van der Waals surface area contributed by atoms with E-state index >= 15 is 0 Å². The molecule has 1 amide bonds. The van der Waals surface area contributed by atoms with E-state index < -0.39 is 0 Å². The van der Waals surface area contributed by atoms with Gasteiger partial charge in [-0.05, 0) is 60.2 Å². The summed E-state index contributed by atoms with van der Waals surface area (Å²) in [7, 11) is 0. The lowest BCUT2D eigenvalue weighted by atomic mass is 9.75. The fourth-order valence-electron chi connectivity index (χ4n) is 2.37. The number of halogens is 1. The molecule has 18 heavy (non-hydrogen) atoms. The fourth-order valence-corrected chi connectivity index (χ4v) is 3.79. The number of hydrogen-bond acceptors (Lipinski definition) is 3. The number of carbonyl (C=O) groups is 1. The van der Waals surface area contributed by atoms with E-state index in [0.717, 1.165) is 23.0 Å². The van der Waals surface area contributed by atoms with Crippen molar-refractivity contribution < 1.29 is 4.79 Å². The van der Waals surface area contributed by atoms with Gasteiger partial charge in [-0.25, -0.2) is 0 Å². The molecule has 2 fully saturated rings. The maximum atomic E-state index is 12.3. The lowest BCUT2D eigenvalue weighted by molar-refractivity contribution is -0.131. The normalized spacial score (nSPS) is 21.4. The van der Waals surface area contributed by atoms with Crippen LogP contribution >= 0.6 is 27.3 Å². The molecule has 0 bridgehead atoms. The zero-order valence-corrected chi connectivity index (χ0v) is 12.6. The molecule has 0 saturated heterocycles. The Labute approximate surface area is 119 Å². The third kappa shape index (κ3) is 2.63. The summed E-state index contributed by atoms with van der Waals surface area (Å²) in [6.07, 6.45) is 5.60. The molecule has 1 aromatic rings. The Balaban J connectivity index is 1.56. The molecule has 0 atom stereocenters. The molecular formula is C13H17BrN2OS. The Morgan fingerprint density at radius 3 is 2.72 bits per heavy atom. The average molecular weight is 329 g/mol. The van der Waals surface area contributed by atoms with Gasteiger partial charge >= 0.3 is 0 Å². The summed E-state index contributed by atoms with van der Waals surface area (Å²) in [6, 6.07) is 4.66. The molecule has 3 nitrogen and oxygen atoms in total. The van der Waals surface area contributed by atoms with Crippen molar-refractivity contribution in [3.05, 3.63) is 20.8 Å². The highest BCUT2D eigenvalue weighted by molar-refractivity contribution is 9.11. The van der Waals surface area contributed by atoms with Gasteiger partial charge in [-0.1, -0.05) is 0 Å². The fraction of sp³-hybridized carbons (Fsp3) is 0.615. The van der Waals surface area contributed by atoms with Crippen molar-refractivity contribution in [1.82, 2.24) is 10.6 Å². The predicted molar refractivity (Wildman–Crippen MR) is 76.6 cm³/mol. The van der Waals surface area contributed by atoms with Gasteiger partial charge in [-0.2, -0.15) is 0 Å². The number of rotatable bonds is 5. The Kier molecular flexibility index (Phi) is 3.47. The molecule has 98 valence electrons. The third-order valence-corrected chi connectivity index (χ3v) is 5.38. The van der Waals surface area contributed by atoms with Crippen LogP contribution in [0.15, 0.2) is 15.9 Å². The van der Waals surface area contributed by atoms with Crippen LogP contribution in [0.25, 0.3) is 0 Å². The number of thiophene rings is 1. The van der Waals surface area contributed by atoms with Gasteiger partial charge in [0.2, 0.25) is 5.91 Å². The Hall–Kier alpha value is -0.390. The molecule has 0 radical (unpaired) electrons. The maximum absolute atomic E-state index is 12.3. The van der Waals surface area contributed by atoms with E-state index in [2.05, 4.69) is 32.6 Å². The molecule has 0 spiro atoms. The van der Waals surface area contributed by atoms with Crippen molar-refractivity contribution in [3.8, 4) is 0 Å². The molecule has 1 aromatic heterocycles. The second-order valence-corrected chi connectivity index (χ2v) is 7.79. The molecule has 2 aliphatic rings. The van der Waals surface area contributed by atoms with Gasteiger partial charge in [0.05, 0.1) is 15.9 Å². The van der Waals surface area contributed by atoms with Gasteiger partial charge in [0.1, 0.15) is 0 Å². The van der Waals surface area contributed by atoms with E-state index in [4.69, 9.17) is 0 Å². The van der Waals surface area contributed by atoms with Crippen LogP contribution in [0.3, 0.4) is 0 Å². The van der Waals surface area contributed by atoms with Crippen LogP contribution in [0.1, 0.15) is 37.0 Å². The first-order valence-corrected chi connectivity index (χ1v) is 8.09. The monoisotopic (exact) mass is 328 g/mol. The van der Waals surface area contributed by atoms with E-state index in [0.29, 0.717) is 12.6 Å². The van der Waals surface area contributed by atoms with Crippen LogP contribution in [0.4, 0.5) is 0 Å². The zero-order valence-electron chi connectivity index (χ0n) is 10.2. The standard InChI is InChI=1S/C13H17BrN2OS/c14-11-5-4-10(18-11)8-15-12(17)13(6-1-7-13)16-9-2-3-9/h4-5,9,16H,1-3,6-8H2,(H,15,17). The summed E-state index contributed by atoms with van der Waals surface area (Å²) in [5.74, 6) is 0.185. The Morgan fingerprint density at radius 1 is 1.44 bits per heavy atom. The summed E-state index contributed by atoms with van der Waals surface area (Å²) in [5.41, 5.74) is -0.254. The number of nitrogens with one attached hydrogen (secondary N) is 2. The van der Waals surface area contributed by atoms with E-state index in [1.165, 1.54) is 17.7 Å². The summed E-state index contributed by atoms with van der Waals surface area (Å²) in [6.45, 7) is 0.642. The summed E-state index contributed by atoms with van der Waals surface area (Å²) < 4.78 is 1.11. The van der Waals surface area contributed by atoms with Crippen LogP contribution in [-0.4, -0.2) is 17.5 Å². The van der Waals surface area contributed by atoms with Gasteiger partial charge in [0, 0.05) is 10.9 Å². The minimum Gasteiger partial charge on any atom is -0.350 e. The lowest BCUT2D eigenvalue weighted by Gasteiger charge is -2.41. The second kappa shape index (κ2) is 4.94. The molecule has 5 heteroatoms. The van der Waals surface area contributed by atoms with Crippen molar-refractivity contribution in [2.45, 2.75) is 50.2 Å². The van der Waals surface area contributed by atoms with Gasteiger partial charge < -0.3 is 10.6 Å². The number of amides is 1. The first-order valence-electron chi connectivity index (χ1n) is 6.48. The first-order chi connectivity index (χ1) is 8.68. The largest absolute Gasteiger partial charge is 0.350 e. The number of hydrogen-bond donors (Lipinski definition) is 2. The van der Waals surface area contributed by atoms with Gasteiger partial charge in [0.25, 0.3) is 0 Å². The van der Waals surface area contributed by atoms with Gasteiger partial charge in [-0.15, -0.1) is 11.3 Å². The van der Waals surface area contributed by atoms with Crippen LogP contribution in [0.2, 0.25) is 0 Å². The molecular weight excluding hydrogens is 312 g/mol. The van der Waals surface area contributed by atoms with Crippen LogP contribution < -0.4 is 10.6 Å². The molecule has 2 saturated carbocycles. The van der Waals surface area contributed by atoms with E-state index in [1.54, 1.807) is 11.3 Å². The lowest BCUT2D eigenvalue weighted by Crippen LogP contribution is -2.61. The average Bonchev–Trinajstić information content (AvgIpc) is 3.02. The minimum atomic E-state index is -0.254. The zero-order chi connectivity index (χ0) is 12.6. The molecule has 0 aromatic carbocycles. The van der Waals surface area contributed by atoms with Gasteiger partial charge in [-0.3, -0.25) is 4.79 Å². The van der Waals surface area contributed by atoms with Crippen molar-refractivity contribution in [2.75, 3.05) is 0 Å². The topological polar surface area (TPSA) is 41.1 Å². The summed E-state index contributed by atoms with van der Waals surface area (Å²) in [5, 5.41) is 6.60. The Morgan fingerprint density at radius 2 is 2.22 bits per heavy atom. The van der Waals surface area contributed by atoms with Crippen LogP contribution in [-0.2, 0) is 11.3 Å². The molecule has 1 heterocycles. The van der Waals surface area contributed by atoms with Gasteiger partial charge in [0.15, 0.2) is 0 Å². The molecule has 0 unspecified atom stereocenters. The SMILES string of the molecule is O=C(NCc1ccc(Br)s1)C1(NC2CC2)CCC1. The highest BCUT2D eigenvalue weighted by atomic mass is 79.9. The molecule has 2 N–H and O–H groups in total. The van der Waals surface area contributed by atoms with Crippen molar-refractivity contribution >= 4 is 33.2 Å². The molecule has 2 aliphatic carbocycles. The van der Waals surface area contributed by atoms with Crippen LogP contribution in [0.5, 0.6) is 0 Å². The van der Waals surface area contributed by atoms with Crippen LogP contribution in [0, 0.1) is 0 Å². The molecule has 3 rings (SSSR count). The van der Waals surface area contributed by atoms with E-state index in [1.807, 2.05) is 6.07 Å². The Bertz CT molecular complexity index is 452. The summed E-state index contributed by atoms with van der Waals surface area (Å²) >= 11 is 5.11.